The lowest BCUT2D eigenvalue weighted by Gasteiger charge is -2.37. The second kappa shape index (κ2) is 15.7. The van der Waals surface area contributed by atoms with E-state index in [1.165, 1.54) is 16.4 Å². The first kappa shape index (κ1) is 33.8. The van der Waals surface area contributed by atoms with Crippen LogP contribution in [-0.2, 0) is 26.0 Å². The van der Waals surface area contributed by atoms with Gasteiger partial charge in [-0.25, -0.2) is 13.4 Å². The molecule has 2 aromatic carbocycles. The SMILES string of the molecule is CC(C)CN(C[C@@H](O)C(Cc1ccccc1)N(NC(=O)CN(C)C)C(=O)CCC#N)S(=O)(=O)c1ccc2c(c1)OCCO2. The fourth-order valence-corrected chi connectivity index (χ4v) is 6.30. The normalized spacial score (nSPS) is 14.3. The second-order valence-corrected chi connectivity index (χ2v) is 13.0. The van der Waals surface area contributed by atoms with Crippen LogP contribution in [0.5, 0.6) is 11.5 Å². The number of ether oxygens (including phenoxy) is 2. The lowest BCUT2D eigenvalue weighted by Crippen LogP contribution is -2.60. The molecule has 0 spiro atoms. The number of nitriles is 1. The highest BCUT2D eigenvalue weighted by Crippen LogP contribution is 2.33. The minimum Gasteiger partial charge on any atom is -0.486 e. The van der Waals surface area contributed by atoms with Crippen molar-refractivity contribution in [3.8, 4) is 17.6 Å². The van der Waals surface area contributed by atoms with Gasteiger partial charge in [-0.2, -0.15) is 9.57 Å². The van der Waals surface area contributed by atoms with E-state index >= 15 is 0 Å². The fraction of sp³-hybridized carbons (Fsp3) is 0.500. The predicted octanol–water partition coefficient (Wildman–Crippen LogP) is 1.80. The summed E-state index contributed by atoms with van der Waals surface area (Å²) in [6.45, 7) is 4.07. The topological polar surface area (TPSA) is 153 Å². The molecule has 3 rings (SSSR count). The van der Waals surface area contributed by atoms with E-state index in [4.69, 9.17) is 14.7 Å². The maximum absolute atomic E-state index is 13.9. The Kier molecular flexibility index (Phi) is 12.3. The van der Waals surface area contributed by atoms with E-state index in [0.717, 1.165) is 10.6 Å². The van der Waals surface area contributed by atoms with Gasteiger partial charge in [0.1, 0.15) is 13.2 Å². The number of likely N-dealkylation sites (N-methyl/N-ethyl adjacent to an activating group) is 1. The van der Waals surface area contributed by atoms with Crippen LogP contribution in [0.4, 0.5) is 0 Å². The zero-order chi connectivity index (χ0) is 31.6. The third-order valence-electron chi connectivity index (χ3n) is 6.60. The number of carbonyl (C=O) groups is 2. The molecule has 0 bridgehead atoms. The largest absolute Gasteiger partial charge is 0.486 e. The summed E-state index contributed by atoms with van der Waals surface area (Å²) in [5, 5.41) is 21.9. The van der Waals surface area contributed by atoms with Gasteiger partial charge in [-0.1, -0.05) is 44.2 Å². The number of hydrogen-bond donors (Lipinski definition) is 2. The Hall–Kier alpha value is -3.70. The van der Waals surface area contributed by atoms with E-state index < -0.39 is 34.0 Å². The summed E-state index contributed by atoms with van der Waals surface area (Å²) < 4.78 is 40.2. The third kappa shape index (κ3) is 9.65. The molecule has 234 valence electrons. The molecule has 1 unspecified atom stereocenters. The summed E-state index contributed by atoms with van der Waals surface area (Å²) in [6, 6.07) is 14.3. The van der Waals surface area contributed by atoms with Crippen LogP contribution < -0.4 is 14.9 Å². The van der Waals surface area contributed by atoms with Gasteiger partial charge in [0.25, 0.3) is 5.91 Å². The van der Waals surface area contributed by atoms with Gasteiger partial charge >= 0.3 is 0 Å². The quantitative estimate of drug-likeness (QED) is 0.303. The lowest BCUT2D eigenvalue weighted by molar-refractivity contribution is -0.148. The standard InChI is InChI=1S/C30H41N5O7S/c1-22(2)19-34(43(39,40)24-12-13-27-28(18-24)42-16-15-41-27)20-26(36)25(17-23-9-6-5-7-10-23)35(30(38)11-8-14-31)32-29(37)21-33(3)4/h5-7,9-10,12-13,18,22,25-26,36H,8,11,15-17,19-21H2,1-4H3,(H,32,37)/t25?,26-/m1/s1. The third-order valence-corrected chi connectivity index (χ3v) is 8.43. The van der Waals surface area contributed by atoms with Crippen LogP contribution in [-0.4, -0.2) is 98.6 Å². The molecule has 0 fully saturated rings. The number of hydrogen-bond acceptors (Lipinski definition) is 9. The van der Waals surface area contributed by atoms with Crippen molar-refractivity contribution in [2.75, 3.05) is 46.9 Å². The van der Waals surface area contributed by atoms with Gasteiger partial charge < -0.3 is 19.5 Å². The van der Waals surface area contributed by atoms with Crippen molar-refractivity contribution in [3.05, 3.63) is 54.1 Å². The van der Waals surface area contributed by atoms with Crippen molar-refractivity contribution >= 4 is 21.8 Å². The van der Waals surface area contributed by atoms with E-state index in [1.807, 2.05) is 50.2 Å². The number of nitrogens with one attached hydrogen (secondary N) is 1. The molecule has 0 aromatic heterocycles. The molecule has 2 N–H and O–H groups in total. The number of aliphatic hydroxyl groups excluding tert-OH is 1. The monoisotopic (exact) mass is 615 g/mol. The molecule has 0 saturated heterocycles. The number of hydrazine groups is 1. The lowest BCUT2D eigenvalue weighted by atomic mass is 9.99. The van der Waals surface area contributed by atoms with Gasteiger partial charge in [-0.15, -0.1) is 0 Å². The van der Waals surface area contributed by atoms with Crippen molar-refractivity contribution < 1.29 is 32.6 Å². The van der Waals surface area contributed by atoms with Crippen LogP contribution in [0.25, 0.3) is 0 Å². The summed E-state index contributed by atoms with van der Waals surface area (Å²) in [5.74, 6) is -0.400. The number of sulfonamides is 1. The van der Waals surface area contributed by atoms with Gasteiger partial charge in [0.15, 0.2) is 11.5 Å². The summed E-state index contributed by atoms with van der Waals surface area (Å²) >= 11 is 0. The first-order chi connectivity index (χ1) is 20.4. The number of amides is 2. The average molecular weight is 616 g/mol. The predicted molar refractivity (Wildman–Crippen MR) is 159 cm³/mol. The molecular weight excluding hydrogens is 574 g/mol. The molecule has 1 aliphatic rings. The van der Waals surface area contributed by atoms with Crippen molar-refractivity contribution in [1.82, 2.24) is 19.6 Å². The summed E-state index contributed by atoms with van der Waals surface area (Å²) in [6.07, 6.45) is -1.59. The zero-order valence-corrected chi connectivity index (χ0v) is 25.9. The van der Waals surface area contributed by atoms with E-state index in [2.05, 4.69) is 5.43 Å². The number of rotatable bonds is 14. The fourth-order valence-electron chi connectivity index (χ4n) is 4.67. The molecule has 0 aliphatic carbocycles. The Morgan fingerprint density at radius 1 is 1.05 bits per heavy atom. The Morgan fingerprint density at radius 2 is 1.72 bits per heavy atom. The Balaban J connectivity index is 2.00. The van der Waals surface area contributed by atoms with Crippen LogP contribution >= 0.6 is 0 Å². The molecule has 0 radical (unpaired) electrons. The number of aliphatic hydroxyl groups is 1. The highest BCUT2D eigenvalue weighted by atomic mass is 32.2. The molecule has 13 heteroatoms. The molecule has 12 nitrogen and oxygen atoms in total. The van der Waals surface area contributed by atoms with Crippen molar-refractivity contribution in [2.24, 2.45) is 5.92 Å². The smallest absolute Gasteiger partial charge is 0.252 e. The van der Waals surface area contributed by atoms with Gasteiger partial charge in [0.05, 0.1) is 29.7 Å². The van der Waals surface area contributed by atoms with E-state index in [1.54, 1.807) is 25.1 Å². The first-order valence-electron chi connectivity index (χ1n) is 14.2. The van der Waals surface area contributed by atoms with Crippen molar-refractivity contribution in [2.45, 2.75) is 50.2 Å². The number of nitrogens with zero attached hydrogens (tertiary/aromatic N) is 4. The van der Waals surface area contributed by atoms with Crippen LogP contribution in [0.15, 0.2) is 53.4 Å². The maximum Gasteiger partial charge on any atom is 0.252 e. The van der Waals surface area contributed by atoms with Gasteiger partial charge in [-0.3, -0.25) is 15.0 Å². The summed E-state index contributed by atoms with van der Waals surface area (Å²) in [7, 11) is -0.736. The minimum absolute atomic E-state index is 0.0227. The maximum atomic E-state index is 13.9. The van der Waals surface area contributed by atoms with E-state index in [0.29, 0.717) is 24.7 Å². The Bertz CT molecular complexity index is 1380. The minimum atomic E-state index is -4.13. The molecular formula is C30H41N5O7S. The Morgan fingerprint density at radius 3 is 2.35 bits per heavy atom. The van der Waals surface area contributed by atoms with Crippen molar-refractivity contribution in [1.29, 1.82) is 5.26 Å². The molecule has 1 aliphatic heterocycles. The highest BCUT2D eigenvalue weighted by molar-refractivity contribution is 7.89. The van der Waals surface area contributed by atoms with E-state index in [-0.39, 0.29) is 49.7 Å². The number of carbonyl (C=O) groups excluding carboxylic acids is 2. The van der Waals surface area contributed by atoms with Crippen LogP contribution in [0.1, 0.15) is 32.3 Å². The highest BCUT2D eigenvalue weighted by Gasteiger charge is 2.36. The van der Waals surface area contributed by atoms with E-state index in [9.17, 15) is 23.1 Å². The second-order valence-electron chi connectivity index (χ2n) is 11.0. The van der Waals surface area contributed by atoms with Gasteiger partial charge in [0, 0.05) is 32.0 Å². The van der Waals surface area contributed by atoms with Crippen molar-refractivity contribution in [3.63, 3.8) is 0 Å². The van der Waals surface area contributed by atoms with Gasteiger partial charge in [0.2, 0.25) is 15.9 Å². The van der Waals surface area contributed by atoms with Gasteiger partial charge in [-0.05, 0) is 44.1 Å². The molecule has 0 saturated carbocycles. The number of fused-ring (bicyclic) bond motifs is 1. The molecule has 2 atom stereocenters. The molecule has 43 heavy (non-hydrogen) atoms. The zero-order valence-electron chi connectivity index (χ0n) is 25.1. The number of benzene rings is 2. The Labute approximate surface area is 253 Å². The van der Waals surface area contributed by atoms with Crippen LogP contribution in [0.3, 0.4) is 0 Å². The van der Waals surface area contributed by atoms with Crippen LogP contribution in [0, 0.1) is 17.2 Å². The summed E-state index contributed by atoms with van der Waals surface area (Å²) in [5.41, 5.74) is 3.37. The molecule has 2 aromatic rings. The molecule has 2 amide bonds. The summed E-state index contributed by atoms with van der Waals surface area (Å²) in [4.78, 5) is 27.8. The van der Waals surface area contributed by atoms with Crippen LogP contribution in [0.2, 0.25) is 0 Å². The molecule has 1 heterocycles. The first-order valence-corrected chi connectivity index (χ1v) is 15.6. The average Bonchev–Trinajstić information content (AvgIpc) is 2.96.